The van der Waals surface area contributed by atoms with Gasteiger partial charge in [-0.1, -0.05) is 20.8 Å². The molecule has 0 spiro atoms. The number of hydrogen-bond acceptors (Lipinski definition) is 2. The predicted octanol–water partition coefficient (Wildman–Crippen LogP) is 1.85. The first-order chi connectivity index (χ1) is 5.96. The second kappa shape index (κ2) is 3.58. The quantitative estimate of drug-likeness (QED) is 0.725. The van der Waals surface area contributed by atoms with Gasteiger partial charge in [0, 0.05) is 12.1 Å². The van der Waals surface area contributed by atoms with Crippen molar-refractivity contribution in [1.82, 2.24) is 4.90 Å². The summed E-state index contributed by atoms with van der Waals surface area (Å²) in [5.74, 6) is 0. The molecule has 0 radical (unpaired) electrons. The summed E-state index contributed by atoms with van der Waals surface area (Å²) in [4.78, 5) is 2.43. The molecule has 0 aromatic carbocycles. The highest BCUT2D eigenvalue weighted by atomic mass is 15.2. The van der Waals surface area contributed by atoms with Gasteiger partial charge in [-0.05, 0) is 38.3 Å². The maximum atomic E-state index is 5.92. The van der Waals surface area contributed by atoms with E-state index in [0.29, 0.717) is 5.41 Å². The summed E-state index contributed by atoms with van der Waals surface area (Å²) in [7, 11) is 2.20. The Labute approximate surface area is 82.5 Å². The molecular weight excluding hydrogens is 160 g/mol. The summed E-state index contributed by atoms with van der Waals surface area (Å²) in [5, 5.41) is 0. The summed E-state index contributed by atoms with van der Waals surface area (Å²) in [6.45, 7) is 8.83. The van der Waals surface area contributed by atoms with Crippen molar-refractivity contribution >= 4 is 0 Å². The smallest absolute Gasteiger partial charge is 0.0333 e. The summed E-state index contributed by atoms with van der Waals surface area (Å²) in [6, 6.07) is 0. The number of nitrogens with two attached hydrogens (primary N) is 1. The zero-order chi connectivity index (χ0) is 10.1. The number of nitrogens with zero attached hydrogens (tertiary/aromatic N) is 1. The molecule has 2 heteroatoms. The Bertz CT molecular complexity index is 177. The van der Waals surface area contributed by atoms with Gasteiger partial charge < -0.3 is 5.73 Å². The van der Waals surface area contributed by atoms with Crippen LogP contribution >= 0.6 is 0 Å². The molecule has 1 rings (SSSR count). The van der Waals surface area contributed by atoms with Crippen LogP contribution in [0.5, 0.6) is 0 Å². The molecule has 0 aromatic rings. The summed E-state index contributed by atoms with van der Waals surface area (Å²) in [5.41, 5.74) is 6.70. The lowest BCUT2D eigenvalue weighted by atomic mass is 9.87. The molecule has 13 heavy (non-hydrogen) atoms. The van der Waals surface area contributed by atoms with Gasteiger partial charge in [-0.2, -0.15) is 0 Å². The van der Waals surface area contributed by atoms with Crippen molar-refractivity contribution in [3.05, 3.63) is 0 Å². The van der Waals surface area contributed by atoms with Crippen LogP contribution in [-0.2, 0) is 0 Å². The van der Waals surface area contributed by atoms with E-state index in [0.717, 1.165) is 13.1 Å². The van der Waals surface area contributed by atoms with Gasteiger partial charge in [-0.15, -0.1) is 0 Å². The van der Waals surface area contributed by atoms with Gasteiger partial charge in [0.1, 0.15) is 0 Å². The molecule has 2 N–H and O–H groups in total. The van der Waals surface area contributed by atoms with Crippen LogP contribution in [0.4, 0.5) is 0 Å². The van der Waals surface area contributed by atoms with E-state index in [1.54, 1.807) is 0 Å². The molecule has 0 heterocycles. The van der Waals surface area contributed by atoms with Gasteiger partial charge in [0.2, 0.25) is 0 Å². The average Bonchev–Trinajstić information content (AvgIpc) is 2.41. The molecule has 1 aliphatic rings. The van der Waals surface area contributed by atoms with E-state index in [2.05, 4.69) is 32.7 Å². The molecule has 1 fully saturated rings. The lowest BCUT2D eigenvalue weighted by molar-refractivity contribution is 0.126. The molecule has 78 valence electrons. The molecular formula is C11H24N2. The maximum absolute atomic E-state index is 5.92. The van der Waals surface area contributed by atoms with Crippen molar-refractivity contribution in [2.75, 3.05) is 20.1 Å². The molecule has 0 aromatic heterocycles. The molecule has 1 aliphatic carbocycles. The largest absolute Gasteiger partial charge is 0.329 e. The molecule has 0 saturated heterocycles. The first-order valence-corrected chi connectivity index (χ1v) is 5.37. The van der Waals surface area contributed by atoms with Crippen molar-refractivity contribution in [1.29, 1.82) is 0 Å². The van der Waals surface area contributed by atoms with Crippen molar-refractivity contribution in [3.63, 3.8) is 0 Å². The van der Waals surface area contributed by atoms with Crippen LogP contribution in [0.2, 0.25) is 0 Å². The van der Waals surface area contributed by atoms with E-state index in [1.807, 2.05) is 0 Å². The lowest BCUT2D eigenvalue weighted by Gasteiger charge is -2.38. The molecule has 1 atom stereocenters. The Kier molecular flexibility index (Phi) is 3.03. The fourth-order valence-electron chi connectivity index (χ4n) is 2.63. The Hall–Kier alpha value is -0.0800. The average molecular weight is 184 g/mol. The highest BCUT2D eigenvalue weighted by Gasteiger charge is 2.44. The standard InChI is InChI=1S/C11H24N2/c1-5-13(4)11(9-12)7-6-10(2,3)8-11/h5-9,12H2,1-4H3. The van der Waals surface area contributed by atoms with Crippen LogP contribution in [0.1, 0.15) is 40.0 Å². The second-order valence-electron chi connectivity index (χ2n) is 5.28. The van der Waals surface area contributed by atoms with E-state index in [-0.39, 0.29) is 5.54 Å². The van der Waals surface area contributed by atoms with Crippen molar-refractivity contribution in [3.8, 4) is 0 Å². The summed E-state index contributed by atoms with van der Waals surface area (Å²) >= 11 is 0. The zero-order valence-corrected chi connectivity index (χ0v) is 9.56. The third-order valence-electron chi connectivity index (χ3n) is 3.74. The number of likely N-dealkylation sites (N-methyl/N-ethyl adjacent to an activating group) is 1. The molecule has 0 amide bonds. The van der Waals surface area contributed by atoms with E-state index < -0.39 is 0 Å². The minimum absolute atomic E-state index is 0.290. The predicted molar refractivity (Wildman–Crippen MR) is 57.7 cm³/mol. The van der Waals surface area contributed by atoms with Gasteiger partial charge in [-0.3, -0.25) is 4.90 Å². The Morgan fingerprint density at radius 2 is 1.92 bits per heavy atom. The van der Waals surface area contributed by atoms with Crippen LogP contribution in [0, 0.1) is 5.41 Å². The van der Waals surface area contributed by atoms with Crippen LogP contribution in [0.15, 0.2) is 0 Å². The van der Waals surface area contributed by atoms with E-state index >= 15 is 0 Å². The van der Waals surface area contributed by atoms with Crippen molar-refractivity contribution < 1.29 is 0 Å². The Morgan fingerprint density at radius 3 is 2.23 bits per heavy atom. The monoisotopic (exact) mass is 184 g/mol. The van der Waals surface area contributed by atoms with Gasteiger partial charge in [0.25, 0.3) is 0 Å². The van der Waals surface area contributed by atoms with E-state index in [1.165, 1.54) is 19.3 Å². The lowest BCUT2D eigenvalue weighted by Crippen LogP contribution is -2.50. The molecule has 0 bridgehead atoms. The van der Waals surface area contributed by atoms with Crippen molar-refractivity contribution in [2.24, 2.45) is 11.1 Å². The van der Waals surface area contributed by atoms with Crippen LogP contribution < -0.4 is 5.73 Å². The van der Waals surface area contributed by atoms with E-state index in [4.69, 9.17) is 5.73 Å². The topological polar surface area (TPSA) is 29.3 Å². The zero-order valence-electron chi connectivity index (χ0n) is 9.56. The van der Waals surface area contributed by atoms with Gasteiger partial charge >= 0.3 is 0 Å². The van der Waals surface area contributed by atoms with Crippen LogP contribution in [-0.4, -0.2) is 30.6 Å². The fourth-order valence-corrected chi connectivity index (χ4v) is 2.63. The normalized spacial score (nSPS) is 32.8. The fraction of sp³-hybridized carbons (Fsp3) is 1.00. The third-order valence-corrected chi connectivity index (χ3v) is 3.74. The minimum Gasteiger partial charge on any atom is -0.329 e. The second-order valence-corrected chi connectivity index (χ2v) is 5.28. The highest BCUT2D eigenvalue weighted by Crippen LogP contribution is 2.45. The molecule has 2 nitrogen and oxygen atoms in total. The first-order valence-electron chi connectivity index (χ1n) is 5.37. The van der Waals surface area contributed by atoms with Gasteiger partial charge in [-0.25, -0.2) is 0 Å². The van der Waals surface area contributed by atoms with Crippen LogP contribution in [0.3, 0.4) is 0 Å². The SMILES string of the molecule is CCN(C)C1(CN)CCC(C)(C)C1. The maximum Gasteiger partial charge on any atom is 0.0333 e. The third kappa shape index (κ3) is 2.05. The Balaban J connectivity index is 2.73. The number of hydrogen-bond donors (Lipinski definition) is 1. The van der Waals surface area contributed by atoms with Gasteiger partial charge in [0.05, 0.1) is 0 Å². The van der Waals surface area contributed by atoms with Crippen molar-refractivity contribution in [2.45, 2.75) is 45.6 Å². The summed E-state index contributed by atoms with van der Waals surface area (Å²) < 4.78 is 0. The molecule has 1 saturated carbocycles. The number of rotatable bonds is 3. The summed E-state index contributed by atoms with van der Waals surface area (Å²) in [6.07, 6.45) is 3.83. The highest BCUT2D eigenvalue weighted by molar-refractivity contribution is 5.00. The molecule has 1 unspecified atom stereocenters. The van der Waals surface area contributed by atoms with Crippen LogP contribution in [0.25, 0.3) is 0 Å². The minimum atomic E-state index is 0.290. The Morgan fingerprint density at radius 1 is 1.31 bits per heavy atom. The molecule has 0 aliphatic heterocycles. The van der Waals surface area contributed by atoms with E-state index in [9.17, 15) is 0 Å². The van der Waals surface area contributed by atoms with Gasteiger partial charge in [0.15, 0.2) is 0 Å². The first kappa shape index (κ1) is 11.0.